The van der Waals surface area contributed by atoms with E-state index in [2.05, 4.69) is 302 Å². The first-order valence-corrected chi connectivity index (χ1v) is 27.1. The summed E-state index contributed by atoms with van der Waals surface area (Å²) in [7, 11) is 0. The monoisotopic (exact) mass is 991 g/mol. The number of hydrogen-bond donors (Lipinski definition) is 0. The molecule has 0 saturated heterocycles. The molecule has 0 aromatic heterocycles. The van der Waals surface area contributed by atoms with E-state index in [4.69, 9.17) is 4.74 Å². The molecule has 13 aromatic carbocycles. The summed E-state index contributed by atoms with van der Waals surface area (Å²) in [5, 5.41) is 4.55. The molecule has 1 heterocycles. The molecule has 0 saturated carbocycles. The summed E-state index contributed by atoms with van der Waals surface area (Å²) in [5.74, 6) is 1.85. The van der Waals surface area contributed by atoms with E-state index in [9.17, 15) is 0 Å². The van der Waals surface area contributed by atoms with Crippen LogP contribution in [0.25, 0.3) is 66.1 Å². The van der Waals surface area contributed by atoms with Gasteiger partial charge in [-0.2, -0.15) is 0 Å². The maximum Gasteiger partial charge on any atom is 0.140 e. The molecule has 0 unspecified atom stereocenters. The predicted molar refractivity (Wildman–Crippen MR) is 322 cm³/mol. The molecule has 0 N–H and O–H groups in total. The van der Waals surface area contributed by atoms with Gasteiger partial charge < -0.3 is 9.64 Å². The molecule has 0 atom stereocenters. The summed E-state index contributed by atoms with van der Waals surface area (Å²) in [4.78, 5) is 2.44. The van der Waals surface area contributed by atoms with Crippen molar-refractivity contribution in [1.82, 2.24) is 0 Å². The van der Waals surface area contributed by atoms with Gasteiger partial charge in [0.1, 0.15) is 11.5 Å². The molecule has 13 aromatic rings. The van der Waals surface area contributed by atoms with E-state index in [1.54, 1.807) is 0 Å². The highest BCUT2D eigenvalue weighted by atomic mass is 16.5. The Morgan fingerprint density at radius 2 is 0.705 bits per heavy atom. The summed E-state index contributed by atoms with van der Waals surface area (Å²) < 4.78 is 7.27. The fraction of sp³-hybridized carbons (Fsp3) is 0.0263. The Morgan fingerprint density at radius 3 is 1.32 bits per heavy atom. The number of anilines is 3. The lowest BCUT2D eigenvalue weighted by Gasteiger charge is -2.40. The van der Waals surface area contributed by atoms with Crippen LogP contribution in [0.2, 0.25) is 0 Å². The zero-order valence-corrected chi connectivity index (χ0v) is 42.6. The average molecular weight is 992 g/mol. The van der Waals surface area contributed by atoms with E-state index in [0.717, 1.165) is 66.8 Å². The highest BCUT2D eigenvalue weighted by Crippen LogP contribution is 2.65. The summed E-state index contributed by atoms with van der Waals surface area (Å²) in [5.41, 5.74) is 21.7. The summed E-state index contributed by atoms with van der Waals surface area (Å²) >= 11 is 0. The topological polar surface area (TPSA) is 12.5 Å². The Morgan fingerprint density at radius 1 is 0.256 bits per heavy atom. The van der Waals surface area contributed by atoms with Gasteiger partial charge in [0.25, 0.3) is 0 Å². The van der Waals surface area contributed by atoms with Crippen molar-refractivity contribution in [3.8, 4) is 56.0 Å². The Kier molecular flexibility index (Phi) is 9.80. The van der Waals surface area contributed by atoms with Gasteiger partial charge in [0.2, 0.25) is 0 Å². The van der Waals surface area contributed by atoms with Crippen molar-refractivity contribution in [3.05, 3.63) is 342 Å². The number of ether oxygens (including phenoxy) is 1. The van der Waals surface area contributed by atoms with E-state index >= 15 is 0 Å². The summed E-state index contributed by atoms with van der Waals surface area (Å²) in [6.07, 6.45) is 0. The lowest BCUT2D eigenvalue weighted by Crippen LogP contribution is -2.32. The molecule has 2 nitrogen and oxygen atoms in total. The van der Waals surface area contributed by atoms with Crippen LogP contribution >= 0.6 is 0 Å². The Labute approximate surface area is 454 Å². The van der Waals surface area contributed by atoms with Crippen molar-refractivity contribution in [2.24, 2.45) is 0 Å². The molecule has 0 fully saturated rings. The molecule has 0 amide bonds. The standard InChI is InChI=1S/C76H49NO/c1-4-19-50(20-5-1)51-35-41-57(42-36-51)77(59-45-46-64-63-29-14-16-32-66(63)75(71(64)49-59,55-23-6-2-7-24-55)56-25-8-3-9-26-56)58-43-37-54(38-44-58)60-31-18-34-68-72(60)65-30-15-17-33-67(65)76(68)69-47-39-52-21-10-12-27-61(52)73(69)78-74-62-28-13-11-22-53(62)40-48-70(74)76/h1-49H. The highest BCUT2D eigenvalue weighted by molar-refractivity contribution is 6.02. The number of fused-ring (bicyclic) bond motifs is 16. The third kappa shape index (κ3) is 6.26. The van der Waals surface area contributed by atoms with Crippen molar-refractivity contribution < 1.29 is 4.74 Å². The van der Waals surface area contributed by atoms with E-state index in [0.29, 0.717) is 0 Å². The number of nitrogens with zero attached hydrogens (tertiary/aromatic N) is 1. The van der Waals surface area contributed by atoms with Crippen molar-refractivity contribution in [2.75, 3.05) is 4.90 Å². The number of hydrogen-bond acceptors (Lipinski definition) is 2. The zero-order valence-electron chi connectivity index (χ0n) is 42.6. The maximum absolute atomic E-state index is 7.27. The molecule has 3 aliphatic rings. The van der Waals surface area contributed by atoms with E-state index in [1.807, 2.05) is 0 Å². The average Bonchev–Trinajstić information content (AvgIpc) is 4.11. The lowest BCUT2D eigenvalue weighted by atomic mass is 9.65. The Balaban J connectivity index is 0.887. The van der Waals surface area contributed by atoms with E-state index in [-0.39, 0.29) is 0 Å². The van der Waals surface area contributed by atoms with Crippen molar-refractivity contribution in [3.63, 3.8) is 0 Å². The Bertz CT molecular complexity index is 4380. The molecule has 78 heavy (non-hydrogen) atoms. The maximum atomic E-state index is 7.27. The molecule has 0 bridgehead atoms. The van der Waals surface area contributed by atoms with Gasteiger partial charge in [-0.15, -0.1) is 0 Å². The van der Waals surface area contributed by atoms with Crippen LogP contribution in [0.1, 0.15) is 44.5 Å². The molecule has 1 aliphatic heterocycles. The van der Waals surface area contributed by atoms with Crippen LogP contribution in [0, 0.1) is 0 Å². The Hall–Kier alpha value is -10.0. The second kappa shape index (κ2) is 17.3. The summed E-state index contributed by atoms with van der Waals surface area (Å²) in [6, 6.07) is 110. The van der Waals surface area contributed by atoms with Crippen molar-refractivity contribution in [1.29, 1.82) is 0 Å². The van der Waals surface area contributed by atoms with Gasteiger partial charge in [-0.1, -0.05) is 261 Å². The summed E-state index contributed by atoms with van der Waals surface area (Å²) in [6.45, 7) is 0. The number of rotatable bonds is 7. The van der Waals surface area contributed by atoms with E-state index < -0.39 is 10.8 Å². The smallest absolute Gasteiger partial charge is 0.140 e. The van der Waals surface area contributed by atoms with Crippen LogP contribution in [0.4, 0.5) is 17.1 Å². The fourth-order valence-electron chi connectivity index (χ4n) is 13.9. The number of benzene rings is 13. The molecule has 2 aliphatic carbocycles. The SMILES string of the molecule is c1ccc(-c2ccc(N(c3ccc(-c4cccc5c4-c4ccccc4C54c5ccc6ccccc6c5Oc5c4ccc4ccccc54)cc3)c3ccc4c(c3)C(c3ccccc3)(c3ccccc3)c3ccccc3-4)cc2)cc1. The first-order chi connectivity index (χ1) is 38.7. The third-order valence-corrected chi connectivity index (χ3v) is 17.2. The fourth-order valence-corrected chi connectivity index (χ4v) is 13.9. The quantitative estimate of drug-likeness (QED) is 0.158. The first-order valence-electron chi connectivity index (χ1n) is 27.1. The second-order valence-corrected chi connectivity index (χ2v) is 21.0. The van der Waals surface area contributed by atoms with Crippen LogP contribution in [0.5, 0.6) is 11.5 Å². The minimum atomic E-state index is -0.635. The van der Waals surface area contributed by atoms with Crippen molar-refractivity contribution in [2.45, 2.75) is 10.8 Å². The van der Waals surface area contributed by atoms with Crippen molar-refractivity contribution >= 4 is 38.6 Å². The molecule has 1 spiro atoms. The minimum Gasteiger partial charge on any atom is -0.455 e. The van der Waals surface area contributed by atoms with Gasteiger partial charge in [0, 0.05) is 39.0 Å². The third-order valence-electron chi connectivity index (χ3n) is 17.2. The van der Waals surface area contributed by atoms with Gasteiger partial charge >= 0.3 is 0 Å². The zero-order chi connectivity index (χ0) is 51.4. The van der Waals surface area contributed by atoms with Gasteiger partial charge in [-0.05, 0) is 125 Å². The van der Waals surface area contributed by atoms with Gasteiger partial charge in [0.05, 0.1) is 10.8 Å². The van der Waals surface area contributed by atoms with Gasteiger partial charge in [-0.3, -0.25) is 0 Å². The first kappa shape index (κ1) is 44.3. The van der Waals surface area contributed by atoms with Crippen LogP contribution in [-0.4, -0.2) is 0 Å². The highest BCUT2D eigenvalue weighted by Gasteiger charge is 2.52. The molecule has 2 heteroatoms. The van der Waals surface area contributed by atoms with Crippen LogP contribution in [0.3, 0.4) is 0 Å². The molecule has 364 valence electrons. The largest absolute Gasteiger partial charge is 0.455 e. The second-order valence-electron chi connectivity index (χ2n) is 21.0. The van der Waals surface area contributed by atoms with Gasteiger partial charge in [0.15, 0.2) is 0 Å². The predicted octanol–water partition coefficient (Wildman–Crippen LogP) is 19.6. The van der Waals surface area contributed by atoms with Gasteiger partial charge in [-0.25, -0.2) is 0 Å². The van der Waals surface area contributed by atoms with Crippen LogP contribution < -0.4 is 9.64 Å². The van der Waals surface area contributed by atoms with Crippen LogP contribution in [-0.2, 0) is 10.8 Å². The minimum absolute atomic E-state index is 0.538. The molecule has 16 rings (SSSR count). The lowest BCUT2D eigenvalue weighted by molar-refractivity contribution is 0.447. The molecular weight excluding hydrogens is 943 g/mol. The molecular formula is C76H49NO. The van der Waals surface area contributed by atoms with Crippen LogP contribution in [0.15, 0.2) is 297 Å². The normalized spacial score (nSPS) is 13.7. The molecule has 0 radical (unpaired) electrons. The van der Waals surface area contributed by atoms with E-state index in [1.165, 1.54) is 72.3 Å².